The standard InChI is InChI=1S/C13H13Cl2N3O2/c1-8(2)11-12(18(19)20)13(15)17(16-11)7-9-4-3-5-10(14)6-9/h3-6,8H,7H2,1-2H3. The van der Waals surface area contributed by atoms with Gasteiger partial charge in [0.15, 0.2) is 0 Å². The summed E-state index contributed by atoms with van der Waals surface area (Å²) >= 11 is 12.0. The van der Waals surface area contributed by atoms with Crippen LogP contribution in [0.2, 0.25) is 10.2 Å². The summed E-state index contributed by atoms with van der Waals surface area (Å²) in [4.78, 5) is 10.6. The van der Waals surface area contributed by atoms with Gasteiger partial charge in [0, 0.05) is 10.9 Å². The fourth-order valence-electron chi connectivity index (χ4n) is 1.92. The second-order valence-corrected chi connectivity index (χ2v) is 5.52. The third-order valence-corrected chi connectivity index (χ3v) is 3.45. The Labute approximate surface area is 126 Å². The van der Waals surface area contributed by atoms with Crippen LogP contribution < -0.4 is 0 Å². The molecular formula is C13H13Cl2N3O2. The van der Waals surface area contributed by atoms with Crippen molar-refractivity contribution in [3.63, 3.8) is 0 Å². The zero-order valence-corrected chi connectivity index (χ0v) is 12.5. The van der Waals surface area contributed by atoms with Crippen LogP contribution in [0.5, 0.6) is 0 Å². The molecule has 0 N–H and O–H groups in total. The minimum Gasteiger partial charge on any atom is -0.258 e. The average molecular weight is 314 g/mol. The summed E-state index contributed by atoms with van der Waals surface area (Å²) < 4.78 is 1.43. The Hall–Kier alpha value is -1.59. The number of aromatic nitrogens is 2. The van der Waals surface area contributed by atoms with E-state index in [0.29, 0.717) is 17.3 Å². The quantitative estimate of drug-likeness (QED) is 0.625. The number of halogens is 2. The van der Waals surface area contributed by atoms with Crippen molar-refractivity contribution in [2.75, 3.05) is 0 Å². The minimum atomic E-state index is -0.487. The van der Waals surface area contributed by atoms with Gasteiger partial charge >= 0.3 is 5.69 Å². The molecular weight excluding hydrogens is 301 g/mol. The summed E-state index contributed by atoms with van der Waals surface area (Å²) in [6.07, 6.45) is 0. The van der Waals surface area contributed by atoms with Crippen molar-refractivity contribution >= 4 is 28.9 Å². The topological polar surface area (TPSA) is 61.0 Å². The summed E-state index contributed by atoms with van der Waals surface area (Å²) in [6, 6.07) is 7.22. The van der Waals surface area contributed by atoms with Crippen LogP contribution in [0.3, 0.4) is 0 Å². The van der Waals surface area contributed by atoms with E-state index in [0.717, 1.165) is 5.56 Å². The number of benzene rings is 1. The highest BCUT2D eigenvalue weighted by molar-refractivity contribution is 6.31. The zero-order chi connectivity index (χ0) is 14.9. The molecule has 106 valence electrons. The van der Waals surface area contributed by atoms with Gasteiger partial charge in [0.25, 0.3) is 0 Å². The molecule has 7 heteroatoms. The van der Waals surface area contributed by atoms with Crippen molar-refractivity contribution in [1.82, 2.24) is 9.78 Å². The molecule has 1 heterocycles. The van der Waals surface area contributed by atoms with Crippen LogP contribution in [-0.2, 0) is 6.54 Å². The Kier molecular flexibility index (Phi) is 4.30. The highest BCUT2D eigenvalue weighted by Crippen LogP contribution is 2.33. The van der Waals surface area contributed by atoms with Crippen molar-refractivity contribution in [3.05, 3.63) is 55.8 Å². The van der Waals surface area contributed by atoms with E-state index >= 15 is 0 Å². The Morgan fingerprint density at radius 2 is 2.10 bits per heavy atom. The number of hydrogen-bond donors (Lipinski definition) is 0. The van der Waals surface area contributed by atoms with Crippen molar-refractivity contribution in [3.8, 4) is 0 Å². The Morgan fingerprint density at radius 3 is 2.60 bits per heavy atom. The number of rotatable bonds is 4. The summed E-state index contributed by atoms with van der Waals surface area (Å²) in [5.74, 6) is -0.0755. The van der Waals surface area contributed by atoms with Crippen LogP contribution in [0.1, 0.15) is 31.0 Å². The first-order valence-corrected chi connectivity index (χ1v) is 6.80. The molecule has 0 radical (unpaired) electrons. The largest absolute Gasteiger partial charge is 0.329 e. The highest BCUT2D eigenvalue weighted by atomic mass is 35.5. The van der Waals surface area contributed by atoms with Gasteiger partial charge in [0.1, 0.15) is 5.69 Å². The molecule has 0 aliphatic rings. The van der Waals surface area contributed by atoms with Crippen molar-refractivity contribution in [1.29, 1.82) is 0 Å². The fourth-order valence-corrected chi connectivity index (χ4v) is 2.40. The van der Waals surface area contributed by atoms with Crippen molar-refractivity contribution in [2.24, 2.45) is 0 Å². The third kappa shape index (κ3) is 2.94. The van der Waals surface area contributed by atoms with E-state index in [4.69, 9.17) is 23.2 Å². The van der Waals surface area contributed by atoms with Crippen LogP contribution in [-0.4, -0.2) is 14.7 Å². The van der Waals surface area contributed by atoms with Gasteiger partial charge in [-0.15, -0.1) is 0 Å². The Bertz CT molecular complexity index is 653. The van der Waals surface area contributed by atoms with E-state index in [1.165, 1.54) is 4.68 Å². The lowest BCUT2D eigenvalue weighted by Crippen LogP contribution is -2.02. The molecule has 0 fully saturated rings. The van der Waals surface area contributed by atoms with Crippen LogP contribution >= 0.6 is 23.2 Å². The van der Waals surface area contributed by atoms with Gasteiger partial charge in [0.05, 0.1) is 11.5 Å². The molecule has 0 aliphatic carbocycles. The van der Waals surface area contributed by atoms with E-state index < -0.39 is 4.92 Å². The SMILES string of the molecule is CC(C)c1nn(Cc2cccc(Cl)c2)c(Cl)c1[N+](=O)[O-]. The van der Waals surface area contributed by atoms with Crippen LogP contribution in [0, 0.1) is 10.1 Å². The second-order valence-electron chi connectivity index (χ2n) is 4.72. The molecule has 1 aromatic heterocycles. The fraction of sp³-hybridized carbons (Fsp3) is 0.308. The van der Waals surface area contributed by atoms with E-state index in [2.05, 4.69) is 5.10 Å². The number of nitrogens with zero attached hydrogens (tertiary/aromatic N) is 3. The molecule has 0 amide bonds. The Morgan fingerprint density at radius 1 is 1.40 bits per heavy atom. The Balaban J connectivity index is 2.43. The van der Waals surface area contributed by atoms with Gasteiger partial charge < -0.3 is 0 Å². The number of hydrogen-bond acceptors (Lipinski definition) is 3. The molecule has 1 aromatic carbocycles. The first-order chi connectivity index (χ1) is 9.40. The van der Waals surface area contributed by atoms with Gasteiger partial charge in [-0.1, -0.05) is 49.2 Å². The number of nitro groups is 1. The molecule has 2 aromatic rings. The maximum absolute atomic E-state index is 11.1. The zero-order valence-electron chi connectivity index (χ0n) is 11.0. The molecule has 0 aliphatic heterocycles. The second kappa shape index (κ2) is 5.81. The molecule has 0 bridgehead atoms. The summed E-state index contributed by atoms with van der Waals surface area (Å²) in [7, 11) is 0. The van der Waals surface area contributed by atoms with Gasteiger partial charge in [0.2, 0.25) is 5.15 Å². The minimum absolute atomic E-state index is 0.0404. The monoisotopic (exact) mass is 313 g/mol. The molecule has 20 heavy (non-hydrogen) atoms. The van der Waals surface area contributed by atoms with Gasteiger partial charge in [-0.05, 0) is 17.7 Å². The third-order valence-electron chi connectivity index (χ3n) is 2.84. The molecule has 0 saturated heterocycles. The molecule has 0 unspecified atom stereocenters. The van der Waals surface area contributed by atoms with E-state index in [1.807, 2.05) is 26.0 Å². The smallest absolute Gasteiger partial charge is 0.258 e. The lowest BCUT2D eigenvalue weighted by atomic mass is 10.1. The molecule has 2 rings (SSSR count). The van der Waals surface area contributed by atoms with Gasteiger partial charge in [-0.3, -0.25) is 10.1 Å². The summed E-state index contributed by atoms with van der Waals surface area (Å²) in [5, 5.41) is 16.0. The maximum atomic E-state index is 11.1. The van der Waals surface area contributed by atoms with Gasteiger partial charge in [-0.2, -0.15) is 5.10 Å². The first kappa shape index (κ1) is 14.8. The molecule has 0 spiro atoms. The summed E-state index contributed by atoms with van der Waals surface area (Å²) in [5.41, 5.74) is 1.15. The maximum Gasteiger partial charge on any atom is 0.329 e. The van der Waals surface area contributed by atoms with E-state index in [9.17, 15) is 10.1 Å². The van der Waals surface area contributed by atoms with Crippen molar-refractivity contribution < 1.29 is 4.92 Å². The normalized spacial score (nSPS) is 11.1. The first-order valence-electron chi connectivity index (χ1n) is 6.05. The van der Waals surface area contributed by atoms with Gasteiger partial charge in [-0.25, -0.2) is 4.68 Å². The lowest BCUT2D eigenvalue weighted by Gasteiger charge is -2.03. The van der Waals surface area contributed by atoms with Crippen molar-refractivity contribution in [2.45, 2.75) is 26.3 Å². The predicted octanol–water partition coefficient (Wildman–Crippen LogP) is 4.27. The van der Waals surface area contributed by atoms with E-state index in [-0.39, 0.29) is 16.8 Å². The van der Waals surface area contributed by atoms with Crippen LogP contribution in [0.4, 0.5) is 5.69 Å². The predicted molar refractivity (Wildman–Crippen MR) is 78.5 cm³/mol. The van der Waals surface area contributed by atoms with Crippen LogP contribution in [0.25, 0.3) is 0 Å². The average Bonchev–Trinajstić information content (AvgIpc) is 2.67. The summed E-state index contributed by atoms with van der Waals surface area (Å²) in [6.45, 7) is 4.03. The lowest BCUT2D eigenvalue weighted by molar-refractivity contribution is -0.385. The highest BCUT2D eigenvalue weighted by Gasteiger charge is 2.28. The molecule has 0 atom stereocenters. The van der Waals surface area contributed by atoms with Crippen LogP contribution in [0.15, 0.2) is 24.3 Å². The molecule has 0 saturated carbocycles. The molecule has 5 nitrogen and oxygen atoms in total. The van der Waals surface area contributed by atoms with E-state index in [1.54, 1.807) is 12.1 Å².